The van der Waals surface area contributed by atoms with Crippen LogP contribution in [0.1, 0.15) is 33.6 Å². The molecule has 2 nitrogen and oxygen atoms in total. The fraction of sp³-hybridized carbons (Fsp3) is 0.667. The molecule has 0 unspecified atom stereocenters. The summed E-state index contributed by atoms with van der Waals surface area (Å²) in [7, 11) is 0. The van der Waals surface area contributed by atoms with Gasteiger partial charge in [0.15, 0.2) is 0 Å². The molecule has 0 amide bonds. The van der Waals surface area contributed by atoms with E-state index >= 15 is 0 Å². The molecule has 11 heavy (non-hydrogen) atoms. The van der Waals surface area contributed by atoms with Crippen molar-refractivity contribution in [1.82, 2.24) is 0 Å². The van der Waals surface area contributed by atoms with Gasteiger partial charge in [0, 0.05) is 0 Å². The highest BCUT2D eigenvalue weighted by Crippen LogP contribution is 2.33. The van der Waals surface area contributed by atoms with Gasteiger partial charge in [-0.2, -0.15) is 0 Å². The van der Waals surface area contributed by atoms with E-state index in [4.69, 9.17) is 5.21 Å². The van der Waals surface area contributed by atoms with Crippen LogP contribution in [0.3, 0.4) is 0 Å². The first-order valence-corrected chi connectivity index (χ1v) is 3.92. The van der Waals surface area contributed by atoms with Crippen LogP contribution in [-0.4, -0.2) is 10.9 Å². The second-order valence-corrected chi connectivity index (χ2v) is 4.10. The van der Waals surface area contributed by atoms with Crippen LogP contribution in [0.4, 0.5) is 0 Å². The van der Waals surface area contributed by atoms with E-state index in [1.165, 1.54) is 5.57 Å². The molecule has 1 aliphatic carbocycles. The van der Waals surface area contributed by atoms with Crippen molar-refractivity contribution >= 4 is 5.71 Å². The smallest absolute Gasteiger partial charge is 0.0800 e. The number of hydrogen-bond donors (Lipinski definition) is 1. The first-order chi connectivity index (χ1) is 5.03. The molecule has 0 bridgehead atoms. The van der Waals surface area contributed by atoms with Crippen molar-refractivity contribution < 1.29 is 5.21 Å². The van der Waals surface area contributed by atoms with Gasteiger partial charge in [0.25, 0.3) is 0 Å². The molecule has 62 valence electrons. The summed E-state index contributed by atoms with van der Waals surface area (Å²) < 4.78 is 0. The van der Waals surface area contributed by atoms with E-state index in [2.05, 4.69) is 25.9 Å². The SMILES string of the molecule is CC1=C/C(=N/O)CC(C)(C)C1. The Morgan fingerprint density at radius 1 is 1.45 bits per heavy atom. The molecule has 0 fully saturated rings. The van der Waals surface area contributed by atoms with Gasteiger partial charge in [0.05, 0.1) is 5.71 Å². The van der Waals surface area contributed by atoms with E-state index < -0.39 is 0 Å². The lowest BCUT2D eigenvalue weighted by molar-refractivity contribution is 0.307. The standard InChI is InChI=1S/C9H15NO/c1-7-4-8(10-11)6-9(2,3)5-7/h4,11H,5-6H2,1-3H3/b10-8-. The Hall–Kier alpha value is -0.790. The van der Waals surface area contributed by atoms with E-state index in [0.717, 1.165) is 18.6 Å². The highest BCUT2D eigenvalue weighted by molar-refractivity contribution is 5.96. The molecular formula is C9H15NO. The Balaban J connectivity index is 2.86. The zero-order valence-corrected chi connectivity index (χ0v) is 7.39. The molecular weight excluding hydrogens is 138 g/mol. The topological polar surface area (TPSA) is 32.6 Å². The number of hydrogen-bond acceptors (Lipinski definition) is 2. The molecule has 2 heteroatoms. The van der Waals surface area contributed by atoms with Crippen molar-refractivity contribution in [3.8, 4) is 0 Å². The van der Waals surface area contributed by atoms with Gasteiger partial charge >= 0.3 is 0 Å². The molecule has 0 atom stereocenters. The summed E-state index contributed by atoms with van der Waals surface area (Å²) in [6.45, 7) is 6.45. The van der Waals surface area contributed by atoms with Crippen molar-refractivity contribution in [3.05, 3.63) is 11.6 Å². The van der Waals surface area contributed by atoms with Crippen LogP contribution in [0, 0.1) is 5.41 Å². The van der Waals surface area contributed by atoms with Gasteiger partial charge in [0.2, 0.25) is 0 Å². The first-order valence-electron chi connectivity index (χ1n) is 3.92. The minimum atomic E-state index is 0.264. The lowest BCUT2D eigenvalue weighted by atomic mass is 9.77. The van der Waals surface area contributed by atoms with E-state index in [1.54, 1.807) is 0 Å². The van der Waals surface area contributed by atoms with E-state index in [0.29, 0.717) is 0 Å². The zero-order chi connectivity index (χ0) is 8.48. The fourth-order valence-corrected chi connectivity index (χ4v) is 1.76. The number of rotatable bonds is 0. The third-order valence-corrected chi connectivity index (χ3v) is 1.96. The van der Waals surface area contributed by atoms with Crippen LogP contribution in [-0.2, 0) is 0 Å². The second kappa shape index (κ2) is 2.68. The number of oxime groups is 1. The van der Waals surface area contributed by atoms with Crippen LogP contribution in [0.15, 0.2) is 16.8 Å². The van der Waals surface area contributed by atoms with Crippen molar-refractivity contribution in [3.63, 3.8) is 0 Å². The van der Waals surface area contributed by atoms with Crippen molar-refractivity contribution in [2.24, 2.45) is 10.6 Å². The molecule has 1 aliphatic rings. The molecule has 0 aliphatic heterocycles. The van der Waals surface area contributed by atoms with Crippen LogP contribution in [0.2, 0.25) is 0 Å². The van der Waals surface area contributed by atoms with Gasteiger partial charge in [-0.1, -0.05) is 24.6 Å². The molecule has 0 aromatic carbocycles. The lowest BCUT2D eigenvalue weighted by Gasteiger charge is -2.28. The van der Waals surface area contributed by atoms with Crippen LogP contribution >= 0.6 is 0 Å². The molecule has 0 aromatic rings. The maximum atomic E-state index is 8.58. The summed E-state index contributed by atoms with van der Waals surface area (Å²) in [6.07, 6.45) is 3.94. The number of allylic oxidation sites excluding steroid dienone is 2. The Bertz CT molecular complexity index is 214. The Labute approximate surface area is 67.6 Å². The van der Waals surface area contributed by atoms with E-state index in [1.807, 2.05) is 6.08 Å². The highest BCUT2D eigenvalue weighted by atomic mass is 16.4. The third-order valence-electron chi connectivity index (χ3n) is 1.96. The molecule has 1 N–H and O–H groups in total. The van der Waals surface area contributed by atoms with Crippen molar-refractivity contribution in [2.45, 2.75) is 33.6 Å². The Morgan fingerprint density at radius 3 is 2.55 bits per heavy atom. The fourth-order valence-electron chi connectivity index (χ4n) is 1.76. The van der Waals surface area contributed by atoms with E-state index in [9.17, 15) is 0 Å². The molecule has 0 heterocycles. The monoisotopic (exact) mass is 153 g/mol. The predicted octanol–water partition coefficient (Wildman–Crippen LogP) is 2.58. The van der Waals surface area contributed by atoms with Crippen LogP contribution in [0.25, 0.3) is 0 Å². The average Bonchev–Trinajstić information content (AvgIpc) is 1.83. The summed E-state index contributed by atoms with van der Waals surface area (Å²) >= 11 is 0. The maximum absolute atomic E-state index is 8.58. The van der Waals surface area contributed by atoms with Gasteiger partial charge in [-0.25, -0.2) is 0 Å². The highest BCUT2D eigenvalue weighted by Gasteiger charge is 2.24. The zero-order valence-electron chi connectivity index (χ0n) is 7.39. The van der Waals surface area contributed by atoms with Gasteiger partial charge in [-0.3, -0.25) is 0 Å². The maximum Gasteiger partial charge on any atom is 0.0800 e. The summed E-state index contributed by atoms with van der Waals surface area (Å²) in [4.78, 5) is 0. The molecule has 0 saturated heterocycles. The Kier molecular flexibility index (Phi) is 2.03. The summed E-state index contributed by atoms with van der Waals surface area (Å²) in [5.74, 6) is 0. The largest absolute Gasteiger partial charge is 0.411 e. The van der Waals surface area contributed by atoms with Gasteiger partial charge in [-0.15, -0.1) is 0 Å². The van der Waals surface area contributed by atoms with Gasteiger partial charge in [-0.05, 0) is 31.3 Å². The number of nitrogens with zero attached hydrogens (tertiary/aromatic N) is 1. The third kappa shape index (κ3) is 2.07. The van der Waals surface area contributed by atoms with E-state index in [-0.39, 0.29) is 5.41 Å². The summed E-state index contributed by atoms with van der Waals surface area (Å²) in [5.41, 5.74) is 2.37. The van der Waals surface area contributed by atoms with Crippen molar-refractivity contribution in [2.75, 3.05) is 0 Å². The lowest BCUT2D eigenvalue weighted by Crippen LogP contribution is -2.21. The van der Waals surface area contributed by atoms with Gasteiger partial charge < -0.3 is 5.21 Å². The normalized spacial score (nSPS) is 26.8. The molecule has 0 saturated carbocycles. The molecule has 0 aromatic heterocycles. The molecule has 0 spiro atoms. The average molecular weight is 153 g/mol. The molecule has 0 radical (unpaired) electrons. The summed E-state index contributed by atoms with van der Waals surface area (Å²) in [6, 6.07) is 0. The minimum Gasteiger partial charge on any atom is -0.411 e. The van der Waals surface area contributed by atoms with Crippen LogP contribution in [0.5, 0.6) is 0 Å². The first kappa shape index (κ1) is 8.31. The van der Waals surface area contributed by atoms with Gasteiger partial charge in [0.1, 0.15) is 0 Å². The second-order valence-electron chi connectivity index (χ2n) is 4.10. The van der Waals surface area contributed by atoms with Crippen LogP contribution < -0.4 is 0 Å². The molecule has 1 rings (SSSR count). The summed E-state index contributed by atoms with van der Waals surface area (Å²) in [5, 5.41) is 11.8. The predicted molar refractivity (Wildman–Crippen MR) is 46.0 cm³/mol. The van der Waals surface area contributed by atoms with Crippen molar-refractivity contribution in [1.29, 1.82) is 0 Å². The quantitative estimate of drug-likeness (QED) is 0.421. The minimum absolute atomic E-state index is 0.264. The Morgan fingerprint density at radius 2 is 2.09 bits per heavy atom.